The van der Waals surface area contributed by atoms with Crippen molar-refractivity contribution in [3.05, 3.63) is 30.4 Å². The summed E-state index contributed by atoms with van der Waals surface area (Å²) in [6.45, 7) is 6.29. The molecule has 3 aromatic heterocycles. The Morgan fingerprint density at radius 2 is 1.89 bits per heavy atom. The molecule has 1 aliphatic rings. The molecule has 0 aromatic carbocycles. The van der Waals surface area contributed by atoms with Gasteiger partial charge in [-0.2, -0.15) is 0 Å². The zero-order valence-electron chi connectivity index (χ0n) is 16.6. The minimum absolute atomic E-state index is 0.0245. The van der Waals surface area contributed by atoms with Crippen LogP contribution < -0.4 is 9.80 Å². The Morgan fingerprint density at radius 1 is 1.11 bits per heavy atom. The van der Waals surface area contributed by atoms with E-state index in [9.17, 15) is 4.79 Å². The summed E-state index contributed by atoms with van der Waals surface area (Å²) in [7, 11) is 3.74. The summed E-state index contributed by atoms with van der Waals surface area (Å²) >= 11 is 0. The highest BCUT2D eigenvalue weighted by atomic mass is 16.2. The third-order valence-electron chi connectivity index (χ3n) is 5.15. The molecule has 0 spiro atoms. The van der Waals surface area contributed by atoms with E-state index in [-0.39, 0.29) is 11.9 Å². The molecule has 144 valence electrons. The van der Waals surface area contributed by atoms with Crippen LogP contribution in [0.25, 0.3) is 22.8 Å². The number of pyridine rings is 1. The molecule has 1 amide bonds. The van der Waals surface area contributed by atoms with Crippen molar-refractivity contribution in [3.63, 3.8) is 0 Å². The Morgan fingerprint density at radius 3 is 2.54 bits per heavy atom. The number of hydrogen-bond donors (Lipinski definition) is 0. The van der Waals surface area contributed by atoms with Crippen LogP contribution in [-0.4, -0.2) is 55.3 Å². The topological polar surface area (TPSA) is 92.9 Å². The third kappa shape index (κ3) is 2.70. The molecular weight excluding hydrogens is 356 g/mol. The van der Waals surface area contributed by atoms with Crippen LogP contribution in [0.15, 0.2) is 24.7 Å². The number of aromatic nitrogens is 6. The van der Waals surface area contributed by atoms with Crippen molar-refractivity contribution in [1.29, 1.82) is 0 Å². The van der Waals surface area contributed by atoms with Crippen LogP contribution in [0.2, 0.25) is 0 Å². The highest BCUT2D eigenvalue weighted by Gasteiger charge is 2.35. The SMILES string of the molecule is CCN1C(=O)C(C)N(C)c2ncc(-c3ccc(-c4nncn4C)nc3C)nc21. The predicted octanol–water partition coefficient (Wildman–Crippen LogP) is 1.83. The van der Waals surface area contributed by atoms with Gasteiger partial charge in [0.2, 0.25) is 0 Å². The number of carbonyl (C=O) groups is 1. The Hall–Kier alpha value is -3.36. The molecule has 3 aromatic rings. The lowest BCUT2D eigenvalue weighted by atomic mass is 10.1. The second-order valence-electron chi connectivity index (χ2n) is 6.87. The molecule has 0 aliphatic carbocycles. The van der Waals surface area contributed by atoms with Gasteiger partial charge in [-0.3, -0.25) is 9.69 Å². The molecule has 0 N–H and O–H groups in total. The van der Waals surface area contributed by atoms with E-state index in [0.29, 0.717) is 29.7 Å². The van der Waals surface area contributed by atoms with Gasteiger partial charge in [-0.05, 0) is 32.9 Å². The van der Waals surface area contributed by atoms with Crippen molar-refractivity contribution in [1.82, 2.24) is 29.7 Å². The lowest BCUT2D eigenvalue weighted by Crippen LogP contribution is -2.51. The first-order chi connectivity index (χ1) is 13.4. The molecule has 1 aliphatic heterocycles. The molecule has 0 saturated carbocycles. The normalized spacial score (nSPS) is 16.5. The number of aryl methyl sites for hydroxylation is 2. The fraction of sp³-hybridized carbons (Fsp3) is 0.368. The number of likely N-dealkylation sites (N-methyl/N-ethyl adjacent to an activating group) is 2. The largest absolute Gasteiger partial charge is 0.345 e. The van der Waals surface area contributed by atoms with Crippen LogP contribution in [0.5, 0.6) is 0 Å². The van der Waals surface area contributed by atoms with Crippen LogP contribution in [0.3, 0.4) is 0 Å². The van der Waals surface area contributed by atoms with E-state index in [1.807, 2.05) is 56.5 Å². The Kier molecular flexibility index (Phi) is 4.29. The fourth-order valence-electron chi connectivity index (χ4n) is 3.39. The van der Waals surface area contributed by atoms with Crippen molar-refractivity contribution >= 4 is 17.5 Å². The van der Waals surface area contributed by atoms with Crippen LogP contribution in [0.4, 0.5) is 11.6 Å². The van der Waals surface area contributed by atoms with Crippen molar-refractivity contribution in [3.8, 4) is 22.8 Å². The van der Waals surface area contributed by atoms with Crippen molar-refractivity contribution in [2.45, 2.75) is 26.8 Å². The standard InChI is InChI=1S/C19H22N8O/c1-6-27-18-17(26(5)12(3)19(27)28)20-9-15(23-18)13-7-8-14(22-11(13)2)16-24-21-10-25(16)4/h7-10,12H,6H2,1-5H3. The molecule has 0 bridgehead atoms. The molecule has 4 rings (SSSR count). The van der Waals surface area contributed by atoms with Gasteiger partial charge in [0.1, 0.15) is 18.1 Å². The van der Waals surface area contributed by atoms with Gasteiger partial charge >= 0.3 is 0 Å². The van der Waals surface area contributed by atoms with E-state index in [1.54, 1.807) is 17.4 Å². The molecule has 4 heterocycles. The quantitative estimate of drug-likeness (QED) is 0.686. The summed E-state index contributed by atoms with van der Waals surface area (Å²) in [5, 5.41) is 8.01. The summed E-state index contributed by atoms with van der Waals surface area (Å²) in [5.41, 5.74) is 3.10. The maximum atomic E-state index is 12.6. The molecule has 1 unspecified atom stereocenters. The zero-order chi connectivity index (χ0) is 20.0. The number of rotatable bonds is 3. The summed E-state index contributed by atoms with van der Waals surface area (Å²) in [6.07, 6.45) is 3.38. The number of amides is 1. The van der Waals surface area contributed by atoms with Crippen molar-refractivity contribution in [2.24, 2.45) is 7.05 Å². The number of anilines is 2. The number of hydrogen-bond acceptors (Lipinski definition) is 7. The second kappa shape index (κ2) is 6.66. The monoisotopic (exact) mass is 378 g/mol. The first-order valence-corrected chi connectivity index (χ1v) is 9.16. The van der Waals surface area contributed by atoms with Gasteiger partial charge in [0.25, 0.3) is 5.91 Å². The fourth-order valence-corrected chi connectivity index (χ4v) is 3.39. The molecule has 9 nitrogen and oxygen atoms in total. The number of carbonyl (C=O) groups excluding carboxylic acids is 1. The van der Waals surface area contributed by atoms with E-state index < -0.39 is 0 Å². The van der Waals surface area contributed by atoms with Crippen LogP contribution in [-0.2, 0) is 11.8 Å². The predicted molar refractivity (Wildman–Crippen MR) is 106 cm³/mol. The molecule has 0 saturated heterocycles. The van der Waals surface area contributed by atoms with E-state index >= 15 is 0 Å². The molecular formula is C19H22N8O. The van der Waals surface area contributed by atoms with Gasteiger partial charge in [0.15, 0.2) is 17.5 Å². The smallest absolute Gasteiger partial charge is 0.250 e. The van der Waals surface area contributed by atoms with Gasteiger partial charge in [0.05, 0.1) is 11.9 Å². The lowest BCUT2D eigenvalue weighted by Gasteiger charge is -2.37. The van der Waals surface area contributed by atoms with Crippen LogP contribution in [0.1, 0.15) is 19.5 Å². The Balaban J connectivity index is 1.78. The van der Waals surface area contributed by atoms with Crippen LogP contribution >= 0.6 is 0 Å². The summed E-state index contributed by atoms with van der Waals surface area (Å²) in [6, 6.07) is 3.59. The van der Waals surface area contributed by atoms with Gasteiger partial charge in [-0.15, -0.1) is 10.2 Å². The first-order valence-electron chi connectivity index (χ1n) is 9.16. The summed E-state index contributed by atoms with van der Waals surface area (Å²) in [5.74, 6) is 2.02. The zero-order valence-corrected chi connectivity index (χ0v) is 16.6. The highest BCUT2D eigenvalue weighted by molar-refractivity contribution is 6.03. The van der Waals surface area contributed by atoms with Crippen molar-refractivity contribution < 1.29 is 4.79 Å². The molecule has 0 fully saturated rings. The maximum absolute atomic E-state index is 12.6. The van der Waals surface area contributed by atoms with Gasteiger partial charge in [0, 0.05) is 31.9 Å². The average Bonchev–Trinajstić information content (AvgIpc) is 3.12. The summed E-state index contributed by atoms with van der Waals surface area (Å²) in [4.78, 5) is 30.2. The number of fused-ring (bicyclic) bond motifs is 1. The highest BCUT2D eigenvalue weighted by Crippen LogP contribution is 2.34. The molecule has 0 radical (unpaired) electrons. The maximum Gasteiger partial charge on any atom is 0.250 e. The number of nitrogens with zero attached hydrogens (tertiary/aromatic N) is 8. The van der Waals surface area contributed by atoms with E-state index in [1.165, 1.54) is 0 Å². The van der Waals surface area contributed by atoms with Crippen molar-refractivity contribution in [2.75, 3.05) is 23.4 Å². The van der Waals surface area contributed by atoms with E-state index in [2.05, 4.69) is 20.2 Å². The van der Waals surface area contributed by atoms with E-state index in [0.717, 1.165) is 17.0 Å². The average molecular weight is 378 g/mol. The Bertz CT molecular complexity index is 1060. The van der Waals surface area contributed by atoms with E-state index in [4.69, 9.17) is 4.98 Å². The Labute approximate surface area is 163 Å². The van der Waals surface area contributed by atoms with Gasteiger partial charge in [-0.1, -0.05) is 0 Å². The minimum Gasteiger partial charge on any atom is -0.345 e. The molecule has 9 heteroatoms. The van der Waals surface area contributed by atoms with Gasteiger partial charge in [-0.25, -0.2) is 15.0 Å². The molecule has 1 atom stereocenters. The van der Waals surface area contributed by atoms with Crippen LogP contribution in [0, 0.1) is 6.92 Å². The minimum atomic E-state index is -0.262. The molecule has 28 heavy (non-hydrogen) atoms. The first kappa shape index (κ1) is 18.0. The summed E-state index contributed by atoms with van der Waals surface area (Å²) < 4.78 is 1.82. The van der Waals surface area contributed by atoms with Gasteiger partial charge < -0.3 is 9.47 Å². The second-order valence-corrected chi connectivity index (χ2v) is 6.87. The third-order valence-corrected chi connectivity index (χ3v) is 5.15. The lowest BCUT2D eigenvalue weighted by molar-refractivity contribution is -0.119.